The van der Waals surface area contributed by atoms with Gasteiger partial charge in [-0.1, -0.05) is 174 Å². The topological polar surface area (TPSA) is 166 Å². The van der Waals surface area contributed by atoms with Gasteiger partial charge < -0.3 is 35.0 Å². The van der Waals surface area contributed by atoms with Crippen molar-refractivity contribution in [3.63, 3.8) is 0 Å². The van der Waals surface area contributed by atoms with Crippen LogP contribution in [-0.4, -0.2) is 95.8 Å². The molecule has 11 heteroatoms. The Kier molecular flexibility index (Phi) is 30.1. The minimum Gasteiger partial charge on any atom is -0.394 e. The number of aliphatic hydroxyl groups is 5. The minimum atomic E-state index is -3.76. The monoisotopic (exact) mass is 750 g/mol. The maximum Gasteiger partial charge on any atom is 0.212 e. The minimum absolute atomic E-state index is 0.0727. The highest BCUT2D eigenvalue weighted by molar-refractivity contribution is 7.89. The van der Waals surface area contributed by atoms with Crippen LogP contribution in [0.15, 0.2) is 12.2 Å². The highest BCUT2D eigenvalue weighted by Crippen LogP contribution is 2.23. The predicted octanol–water partition coefficient (Wildman–Crippen LogP) is 7.19. The van der Waals surface area contributed by atoms with Crippen LogP contribution in [0.3, 0.4) is 0 Å². The number of unbranched alkanes of at least 4 members (excludes halogenated alkanes) is 24. The lowest BCUT2D eigenvalue weighted by atomic mass is 9.99. The summed E-state index contributed by atoms with van der Waals surface area (Å²) in [5, 5.41) is 51.1. The van der Waals surface area contributed by atoms with Crippen LogP contribution in [0.5, 0.6) is 0 Å². The molecule has 0 spiro atoms. The molecule has 10 nitrogen and oxygen atoms in total. The molecule has 0 aliphatic carbocycles. The second-order valence-corrected chi connectivity index (χ2v) is 16.8. The Morgan fingerprint density at radius 2 is 1.08 bits per heavy atom. The van der Waals surface area contributed by atoms with Crippen LogP contribution >= 0.6 is 0 Å². The second-order valence-electron chi connectivity index (χ2n) is 14.9. The first-order valence-electron chi connectivity index (χ1n) is 20.9. The van der Waals surface area contributed by atoms with Gasteiger partial charge in [0.05, 0.1) is 31.1 Å². The zero-order valence-electron chi connectivity index (χ0n) is 32.5. The third-order valence-corrected chi connectivity index (χ3v) is 11.6. The Morgan fingerprint density at radius 3 is 1.53 bits per heavy atom. The molecule has 1 aliphatic heterocycles. The van der Waals surface area contributed by atoms with Gasteiger partial charge in [0.25, 0.3) is 0 Å². The summed E-state index contributed by atoms with van der Waals surface area (Å²) >= 11 is 0. The van der Waals surface area contributed by atoms with Gasteiger partial charge >= 0.3 is 0 Å². The van der Waals surface area contributed by atoms with Gasteiger partial charge in [-0.05, 0) is 19.3 Å². The average molecular weight is 750 g/mol. The number of rotatable bonds is 35. The summed E-state index contributed by atoms with van der Waals surface area (Å²) < 4.78 is 39.8. The average Bonchev–Trinajstić information content (AvgIpc) is 3.11. The van der Waals surface area contributed by atoms with Gasteiger partial charge in [-0.3, -0.25) is 0 Å². The first kappa shape index (κ1) is 48.4. The SMILES string of the molecule is CCCCCCCCCCCCCC=CC(O)C(CO[C@@H]1OC(CO)[C@@H](O)C(O)[C@@H]1O)NS(=O)(=O)CCCCCCCCCCCCCCCC. The second kappa shape index (κ2) is 31.7. The van der Waals surface area contributed by atoms with Crippen molar-refractivity contribution < 1.29 is 43.4 Å². The Labute approximate surface area is 312 Å². The Hall–Kier alpha value is -0.630. The molecule has 0 radical (unpaired) electrons. The molecular formula is C40H79NO9S. The van der Waals surface area contributed by atoms with Crippen LogP contribution in [0.2, 0.25) is 0 Å². The fourth-order valence-electron chi connectivity index (χ4n) is 6.68. The highest BCUT2D eigenvalue weighted by atomic mass is 32.2. The fourth-order valence-corrected chi connectivity index (χ4v) is 8.05. The van der Waals surface area contributed by atoms with Crippen molar-refractivity contribution in [3.05, 3.63) is 12.2 Å². The van der Waals surface area contributed by atoms with Gasteiger partial charge in [0.15, 0.2) is 6.29 Å². The van der Waals surface area contributed by atoms with Crippen LogP contribution in [0, 0.1) is 0 Å². The van der Waals surface area contributed by atoms with Crippen molar-refractivity contribution in [1.82, 2.24) is 4.72 Å². The number of hydrogen-bond donors (Lipinski definition) is 6. The smallest absolute Gasteiger partial charge is 0.212 e. The van der Waals surface area contributed by atoms with Crippen LogP contribution in [0.1, 0.15) is 181 Å². The lowest BCUT2D eigenvalue weighted by Gasteiger charge is -2.40. The summed E-state index contributed by atoms with van der Waals surface area (Å²) in [5.41, 5.74) is 0. The first-order chi connectivity index (χ1) is 24.7. The van der Waals surface area contributed by atoms with Gasteiger partial charge in [0, 0.05) is 0 Å². The van der Waals surface area contributed by atoms with E-state index in [-0.39, 0.29) is 12.4 Å². The van der Waals surface area contributed by atoms with Gasteiger partial charge in [0.2, 0.25) is 10.0 Å². The molecule has 1 fully saturated rings. The van der Waals surface area contributed by atoms with Gasteiger partial charge in [-0.2, -0.15) is 0 Å². The lowest BCUT2D eigenvalue weighted by Crippen LogP contribution is -2.60. The van der Waals surface area contributed by atoms with Crippen molar-refractivity contribution >= 4 is 10.0 Å². The van der Waals surface area contributed by atoms with E-state index in [4.69, 9.17) is 9.47 Å². The third kappa shape index (κ3) is 24.4. The van der Waals surface area contributed by atoms with Crippen LogP contribution in [0.4, 0.5) is 0 Å². The zero-order chi connectivity index (χ0) is 37.6. The molecule has 1 aliphatic rings. The van der Waals surface area contributed by atoms with Gasteiger partial charge in [0.1, 0.15) is 24.4 Å². The third-order valence-electron chi connectivity index (χ3n) is 10.1. The standard InChI is InChI=1S/C40H79NO9S/c1-3-5-7-9-11-13-15-17-19-21-23-25-27-29-31-51(47,48)41-34(33-49-40-39(46)38(45)37(44)36(32-42)50-40)35(43)30-28-26-24-22-20-18-16-14-12-10-8-6-4-2/h28,30,34-46H,3-27,29,31-33H2,1-2H3/t34?,35?,36?,37-,38?,39+,40-/m1/s1. The molecule has 0 saturated carbocycles. The zero-order valence-corrected chi connectivity index (χ0v) is 33.3. The fraction of sp³-hybridized carbons (Fsp3) is 0.950. The summed E-state index contributed by atoms with van der Waals surface area (Å²) in [7, 11) is -3.76. The molecule has 4 unspecified atom stereocenters. The molecule has 0 aromatic rings. The van der Waals surface area contributed by atoms with E-state index in [1.54, 1.807) is 6.08 Å². The molecule has 51 heavy (non-hydrogen) atoms. The van der Waals surface area contributed by atoms with Crippen molar-refractivity contribution in [3.8, 4) is 0 Å². The van der Waals surface area contributed by atoms with E-state index in [9.17, 15) is 34.0 Å². The van der Waals surface area contributed by atoms with Crippen LogP contribution in [-0.2, 0) is 19.5 Å². The molecule has 1 heterocycles. The number of hydrogen-bond acceptors (Lipinski definition) is 9. The van der Waals surface area contributed by atoms with E-state index in [1.165, 1.54) is 122 Å². The van der Waals surface area contributed by atoms with Crippen LogP contribution in [0.25, 0.3) is 0 Å². The molecule has 1 saturated heterocycles. The lowest BCUT2D eigenvalue weighted by molar-refractivity contribution is -0.302. The number of sulfonamides is 1. The number of ether oxygens (including phenoxy) is 2. The maximum absolute atomic E-state index is 13.1. The van der Waals surface area contributed by atoms with E-state index < -0.39 is 59.5 Å². The summed E-state index contributed by atoms with van der Waals surface area (Å²) in [6, 6.07) is -1.07. The van der Waals surface area contributed by atoms with E-state index in [1.807, 2.05) is 6.08 Å². The molecule has 6 N–H and O–H groups in total. The van der Waals surface area contributed by atoms with Crippen molar-refractivity contribution in [2.75, 3.05) is 19.0 Å². The Bertz CT molecular complexity index is 920. The van der Waals surface area contributed by atoms with E-state index in [0.717, 1.165) is 38.5 Å². The van der Waals surface area contributed by atoms with Crippen molar-refractivity contribution in [2.45, 2.75) is 224 Å². The quantitative estimate of drug-likeness (QED) is 0.0291. The van der Waals surface area contributed by atoms with Gasteiger partial charge in [-0.25, -0.2) is 13.1 Å². The molecule has 304 valence electrons. The van der Waals surface area contributed by atoms with E-state index in [2.05, 4.69) is 18.6 Å². The van der Waals surface area contributed by atoms with E-state index in [0.29, 0.717) is 6.42 Å². The molecule has 0 bridgehead atoms. The number of allylic oxidation sites excluding steroid dienone is 1. The normalized spacial score (nSPS) is 22.5. The molecular weight excluding hydrogens is 671 g/mol. The van der Waals surface area contributed by atoms with Crippen LogP contribution < -0.4 is 4.72 Å². The maximum atomic E-state index is 13.1. The van der Waals surface area contributed by atoms with E-state index >= 15 is 0 Å². The van der Waals surface area contributed by atoms with Crippen molar-refractivity contribution in [1.29, 1.82) is 0 Å². The summed E-state index contributed by atoms with van der Waals surface area (Å²) in [5.74, 6) is -0.0727. The molecule has 0 amide bonds. The molecule has 0 aromatic carbocycles. The number of aliphatic hydroxyl groups excluding tert-OH is 5. The Balaban J connectivity index is 2.49. The largest absolute Gasteiger partial charge is 0.394 e. The molecule has 7 atom stereocenters. The highest BCUT2D eigenvalue weighted by Gasteiger charge is 2.44. The number of nitrogens with one attached hydrogen (secondary N) is 1. The first-order valence-corrected chi connectivity index (χ1v) is 22.6. The summed E-state index contributed by atoms with van der Waals surface area (Å²) in [6.07, 6.45) is 25.7. The summed E-state index contributed by atoms with van der Waals surface area (Å²) in [4.78, 5) is 0. The molecule has 1 rings (SSSR count). The summed E-state index contributed by atoms with van der Waals surface area (Å²) in [6.45, 7) is 3.52. The predicted molar refractivity (Wildman–Crippen MR) is 207 cm³/mol. The van der Waals surface area contributed by atoms with Crippen molar-refractivity contribution in [2.24, 2.45) is 0 Å². The Morgan fingerprint density at radius 1 is 0.647 bits per heavy atom. The molecule has 0 aromatic heterocycles. The van der Waals surface area contributed by atoms with Gasteiger partial charge in [-0.15, -0.1) is 0 Å².